The van der Waals surface area contributed by atoms with E-state index >= 15 is 0 Å². The average Bonchev–Trinajstić information content (AvgIpc) is 2.54. The molecule has 1 amide bonds. The van der Waals surface area contributed by atoms with Gasteiger partial charge in [0.1, 0.15) is 5.82 Å². The molecule has 0 spiro atoms. The normalized spacial score (nSPS) is 15.9. The van der Waals surface area contributed by atoms with Crippen LogP contribution in [0.25, 0.3) is 11.0 Å². The minimum Gasteiger partial charge on any atom is -0.338 e. The Labute approximate surface area is 93.5 Å². The summed E-state index contributed by atoms with van der Waals surface area (Å²) in [5.41, 5.74) is 2.19. The second-order valence-corrected chi connectivity index (χ2v) is 4.10. The van der Waals surface area contributed by atoms with Crippen LogP contribution in [-0.2, 0) is 17.9 Å². The van der Waals surface area contributed by atoms with Crippen molar-refractivity contribution in [3.63, 3.8) is 0 Å². The van der Waals surface area contributed by atoms with E-state index < -0.39 is 0 Å². The van der Waals surface area contributed by atoms with E-state index in [0.29, 0.717) is 6.54 Å². The average molecular weight is 215 g/mol. The Hall–Kier alpha value is -1.84. The van der Waals surface area contributed by atoms with Crippen molar-refractivity contribution >= 4 is 17.4 Å². The van der Waals surface area contributed by atoms with Gasteiger partial charge in [0.05, 0.1) is 17.6 Å². The summed E-state index contributed by atoms with van der Waals surface area (Å²) in [6.07, 6.45) is 1.90. The fourth-order valence-corrected chi connectivity index (χ4v) is 2.28. The number of aromatic nitrogens is 2. The van der Waals surface area contributed by atoms with Gasteiger partial charge in [0.25, 0.3) is 0 Å². The van der Waals surface area contributed by atoms with Crippen molar-refractivity contribution < 1.29 is 4.79 Å². The molecule has 4 heteroatoms. The van der Waals surface area contributed by atoms with Gasteiger partial charge in [0, 0.05) is 13.1 Å². The van der Waals surface area contributed by atoms with E-state index in [9.17, 15) is 4.79 Å². The number of nitrogens with zero attached hydrogens (tertiary/aromatic N) is 3. The van der Waals surface area contributed by atoms with Crippen molar-refractivity contribution in [2.24, 2.45) is 0 Å². The minimum atomic E-state index is 0.623. The minimum absolute atomic E-state index is 0.623. The summed E-state index contributed by atoms with van der Waals surface area (Å²) in [6.45, 7) is 2.39. The maximum absolute atomic E-state index is 10.8. The lowest BCUT2D eigenvalue weighted by atomic mass is 10.3. The molecular formula is C12H13N3O. The molecule has 82 valence electrons. The quantitative estimate of drug-likeness (QED) is 0.674. The molecule has 1 aromatic carbocycles. The number of aryl methyl sites for hydroxylation is 1. The van der Waals surface area contributed by atoms with Crippen molar-refractivity contribution in [3.05, 3.63) is 30.1 Å². The molecule has 0 radical (unpaired) electrons. The highest BCUT2D eigenvalue weighted by Crippen LogP contribution is 2.19. The van der Waals surface area contributed by atoms with E-state index in [1.165, 1.54) is 5.52 Å². The largest absolute Gasteiger partial charge is 0.338 e. The third-order valence-electron chi connectivity index (χ3n) is 3.05. The predicted molar refractivity (Wildman–Crippen MR) is 60.8 cm³/mol. The molecule has 0 fully saturated rings. The molecule has 0 aliphatic carbocycles. The summed E-state index contributed by atoms with van der Waals surface area (Å²) in [5, 5.41) is 0. The molecule has 1 aliphatic rings. The van der Waals surface area contributed by atoms with Gasteiger partial charge in [-0.1, -0.05) is 12.1 Å². The van der Waals surface area contributed by atoms with E-state index in [1.807, 2.05) is 18.2 Å². The molecule has 4 nitrogen and oxygen atoms in total. The third-order valence-corrected chi connectivity index (χ3v) is 3.05. The van der Waals surface area contributed by atoms with Crippen LogP contribution in [0, 0.1) is 0 Å². The highest BCUT2D eigenvalue weighted by molar-refractivity contribution is 5.76. The Morgan fingerprint density at radius 3 is 3.00 bits per heavy atom. The zero-order chi connectivity index (χ0) is 11.0. The molecule has 0 atom stereocenters. The zero-order valence-electron chi connectivity index (χ0n) is 8.97. The molecule has 2 aromatic rings. The first kappa shape index (κ1) is 9.39. The van der Waals surface area contributed by atoms with E-state index in [-0.39, 0.29) is 0 Å². The van der Waals surface area contributed by atoms with Crippen molar-refractivity contribution in [3.8, 4) is 0 Å². The lowest BCUT2D eigenvalue weighted by molar-refractivity contribution is -0.118. The molecule has 1 aliphatic heterocycles. The molecule has 0 bridgehead atoms. The first-order valence-corrected chi connectivity index (χ1v) is 5.52. The SMILES string of the molecule is O=CN1CCCn2c(nc3ccccc32)C1. The lowest BCUT2D eigenvalue weighted by Gasteiger charge is -2.11. The van der Waals surface area contributed by atoms with E-state index in [0.717, 1.165) is 37.3 Å². The number of amides is 1. The van der Waals surface area contributed by atoms with Crippen LogP contribution in [0.1, 0.15) is 12.2 Å². The summed E-state index contributed by atoms with van der Waals surface area (Å²) in [4.78, 5) is 17.2. The van der Waals surface area contributed by atoms with Crippen LogP contribution in [0.2, 0.25) is 0 Å². The Balaban J connectivity index is 2.13. The van der Waals surface area contributed by atoms with Crippen molar-refractivity contribution in [1.29, 1.82) is 0 Å². The van der Waals surface area contributed by atoms with Crippen LogP contribution in [0.15, 0.2) is 24.3 Å². The number of para-hydroxylation sites is 2. The fourth-order valence-electron chi connectivity index (χ4n) is 2.28. The van der Waals surface area contributed by atoms with Gasteiger partial charge in [-0.2, -0.15) is 0 Å². The van der Waals surface area contributed by atoms with E-state index in [4.69, 9.17) is 0 Å². The topological polar surface area (TPSA) is 38.1 Å². The number of benzene rings is 1. The van der Waals surface area contributed by atoms with Crippen molar-refractivity contribution in [2.75, 3.05) is 6.54 Å². The van der Waals surface area contributed by atoms with Crippen LogP contribution < -0.4 is 0 Å². The van der Waals surface area contributed by atoms with Crippen LogP contribution in [0.3, 0.4) is 0 Å². The summed E-state index contributed by atoms with van der Waals surface area (Å²) in [5.74, 6) is 0.991. The maximum atomic E-state index is 10.8. The molecule has 2 heterocycles. The third kappa shape index (κ3) is 1.38. The van der Waals surface area contributed by atoms with Gasteiger partial charge in [0.2, 0.25) is 6.41 Å². The number of rotatable bonds is 1. The Morgan fingerprint density at radius 1 is 1.25 bits per heavy atom. The first-order valence-electron chi connectivity index (χ1n) is 5.52. The smallest absolute Gasteiger partial charge is 0.210 e. The monoisotopic (exact) mass is 215 g/mol. The van der Waals surface area contributed by atoms with E-state index in [1.54, 1.807) is 4.90 Å². The number of hydrogen-bond donors (Lipinski definition) is 0. The Kier molecular flexibility index (Phi) is 2.13. The highest BCUT2D eigenvalue weighted by Gasteiger charge is 2.16. The standard InChI is InChI=1S/C12H13N3O/c16-9-14-6-3-7-15-11-5-2-1-4-10(11)13-12(15)8-14/h1-2,4-5,9H,3,6-8H2. The van der Waals surface area contributed by atoms with Gasteiger partial charge < -0.3 is 9.47 Å². The van der Waals surface area contributed by atoms with Gasteiger partial charge >= 0.3 is 0 Å². The molecule has 0 unspecified atom stereocenters. The van der Waals surface area contributed by atoms with Gasteiger partial charge in [-0.3, -0.25) is 4.79 Å². The molecule has 0 saturated carbocycles. The van der Waals surface area contributed by atoms with Crippen LogP contribution in [-0.4, -0.2) is 27.4 Å². The van der Waals surface area contributed by atoms with Crippen LogP contribution in [0.4, 0.5) is 0 Å². The Bertz CT molecular complexity index is 532. The number of carbonyl (C=O) groups is 1. The molecule has 0 saturated heterocycles. The predicted octanol–water partition coefficient (Wildman–Crippen LogP) is 1.40. The summed E-state index contributed by atoms with van der Waals surface area (Å²) < 4.78 is 2.22. The molecule has 3 rings (SSSR count). The van der Waals surface area contributed by atoms with Crippen LogP contribution >= 0.6 is 0 Å². The summed E-state index contributed by atoms with van der Waals surface area (Å²) in [7, 11) is 0. The Morgan fingerprint density at radius 2 is 2.12 bits per heavy atom. The molecule has 16 heavy (non-hydrogen) atoms. The van der Waals surface area contributed by atoms with Crippen LogP contribution in [0.5, 0.6) is 0 Å². The molecule has 1 aromatic heterocycles. The first-order chi connectivity index (χ1) is 7.88. The van der Waals surface area contributed by atoms with Gasteiger partial charge in [-0.15, -0.1) is 0 Å². The number of hydrogen-bond acceptors (Lipinski definition) is 2. The van der Waals surface area contributed by atoms with Crippen molar-refractivity contribution in [1.82, 2.24) is 14.5 Å². The van der Waals surface area contributed by atoms with Crippen molar-refractivity contribution in [2.45, 2.75) is 19.5 Å². The molecule has 0 N–H and O–H groups in total. The summed E-state index contributed by atoms with van der Waals surface area (Å²) >= 11 is 0. The number of fused-ring (bicyclic) bond motifs is 3. The fraction of sp³-hybridized carbons (Fsp3) is 0.333. The zero-order valence-corrected chi connectivity index (χ0v) is 8.97. The summed E-state index contributed by atoms with van der Waals surface area (Å²) in [6, 6.07) is 8.12. The number of carbonyl (C=O) groups excluding carboxylic acids is 1. The second kappa shape index (κ2) is 3.63. The van der Waals surface area contributed by atoms with Gasteiger partial charge in [-0.25, -0.2) is 4.98 Å². The van der Waals surface area contributed by atoms with E-state index in [2.05, 4.69) is 15.6 Å². The van der Waals surface area contributed by atoms with Gasteiger partial charge in [0.15, 0.2) is 0 Å². The molecular weight excluding hydrogens is 202 g/mol. The lowest BCUT2D eigenvalue weighted by Crippen LogP contribution is -2.21. The maximum Gasteiger partial charge on any atom is 0.210 e. The van der Waals surface area contributed by atoms with Gasteiger partial charge in [-0.05, 0) is 18.6 Å². The highest BCUT2D eigenvalue weighted by atomic mass is 16.1. The second-order valence-electron chi connectivity index (χ2n) is 4.10. The number of imidazole rings is 1.